The molecule has 1 aliphatic heterocycles. The van der Waals surface area contributed by atoms with Gasteiger partial charge in [-0.15, -0.1) is 16.4 Å². The molecule has 3 heterocycles. The minimum atomic E-state index is -3.89. The smallest absolute Gasteiger partial charge is 0.322 e. The minimum absolute atomic E-state index is 0.0877. The number of halogens is 1. The van der Waals surface area contributed by atoms with Crippen LogP contribution in [0, 0.1) is 0 Å². The molecule has 0 bridgehead atoms. The zero-order valence-electron chi connectivity index (χ0n) is 19.1. The number of ether oxygens (including phenoxy) is 3. The molecule has 2 aromatic heterocycles. The van der Waals surface area contributed by atoms with Crippen molar-refractivity contribution < 1.29 is 31.8 Å². The highest BCUT2D eigenvalue weighted by atomic mass is 35.5. The zero-order valence-corrected chi connectivity index (χ0v) is 21.5. The van der Waals surface area contributed by atoms with E-state index in [2.05, 4.69) is 15.5 Å². The molecule has 0 spiro atoms. The maximum atomic E-state index is 13.1. The number of amides is 1. The fourth-order valence-electron chi connectivity index (χ4n) is 3.79. The van der Waals surface area contributed by atoms with Crippen LogP contribution in [-0.4, -0.2) is 62.7 Å². The number of sulfonamides is 1. The topological polar surface area (TPSA) is 133 Å². The van der Waals surface area contributed by atoms with E-state index in [1.54, 1.807) is 12.1 Å². The van der Waals surface area contributed by atoms with E-state index in [-0.39, 0.29) is 22.7 Å². The summed E-state index contributed by atoms with van der Waals surface area (Å²) in [6.07, 6.45) is 1.71. The molecule has 4 rings (SSSR count). The van der Waals surface area contributed by atoms with E-state index in [9.17, 15) is 13.2 Å². The predicted octanol–water partition coefficient (Wildman–Crippen LogP) is 3.66. The third kappa shape index (κ3) is 5.08. The lowest BCUT2D eigenvalue weighted by Crippen LogP contribution is -2.49. The van der Waals surface area contributed by atoms with Crippen LogP contribution in [-0.2, 0) is 14.8 Å². The van der Waals surface area contributed by atoms with Gasteiger partial charge in [0, 0.05) is 12.1 Å². The second kappa shape index (κ2) is 10.4. The highest BCUT2D eigenvalue weighted by Gasteiger charge is 2.39. The Labute approximate surface area is 211 Å². The Morgan fingerprint density at radius 2 is 1.86 bits per heavy atom. The van der Waals surface area contributed by atoms with Crippen molar-refractivity contribution in [1.29, 1.82) is 0 Å². The fraction of sp³-hybridized carbons (Fsp3) is 0.381. The highest BCUT2D eigenvalue weighted by molar-refractivity contribution is 7.91. The van der Waals surface area contributed by atoms with E-state index >= 15 is 0 Å². The van der Waals surface area contributed by atoms with Crippen molar-refractivity contribution in [1.82, 2.24) is 14.5 Å². The second-order valence-corrected chi connectivity index (χ2v) is 11.3. The van der Waals surface area contributed by atoms with Crippen LogP contribution in [0.4, 0.5) is 6.01 Å². The lowest BCUT2D eigenvalue weighted by molar-refractivity contribution is -0.120. The molecule has 1 aromatic carbocycles. The van der Waals surface area contributed by atoms with Crippen molar-refractivity contribution in [3.8, 4) is 28.7 Å². The number of carbonyl (C=O) groups is 1. The van der Waals surface area contributed by atoms with Gasteiger partial charge in [-0.25, -0.2) is 8.42 Å². The normalized spacial score (nSPS) is 16.6. The fourth-order valence-corrected chi connectivity index (χ4v) is 7.06. The monoisotopic (exact) mass is 542 g/mol. The molecule has 1 fully saturated rings. The van der Waals surface area contributed by atoms with Crippen LogP contribution < -0.4 is 19.5 Å². The van der Waals surface area contributed by atoms with E-state index in [0.717, 1.165) is 11.3 Å². The number of rotatable bonds is 8. The first-order valence-corrected chi connectivity index (χ1v) is 13.1. The van der Waals surface area contributed by atoms with E-state index in [1.165, 1.54) is 37.8 Å². The summed E-state index contributed by atoms with van der Waals surface area (Å²) in [4.78, 5) is 13.1. The van der Waals surface area contributed by atoms with Crippen LogP contribution in [0.2, 0.25) is 4.34 Å². The van der Waals surface area contributed by atoms with Crippen LogP contribution in [0.1, 0.15) is 19.3 Å². The molecule has 1 saturated heterocycles. The number of nitrogens with zero attached hydrogens (tertiary/aromatic N) is 3. The Morgan fingerprint density at radius 3 is 2.46 bits per heavy atom. The molecule has 11 nitrogen and oxygen atoms in total. The van der Waals surface area contributed by atoms with Crippen LogP contribution in [0.3, 0.4) is 0 Å². The van der Waals surface area contributed by atoms with Crippen LogP contribution in [0.15, 0.2) is 32.9 Å². The van der Waals surface area contributed by atoms with Crippen LogP contribution in [0.5, 0.6) is 17.2 Å². The molecule has 1 aliphatic rings. The molecule has 1 atom stereocenters. The van der Waals surface area contributed by atoms with Crippen molar-refractivity contribution >= 4 is 44.9 Å². The number of anilines is 1. The third-order valence-electron chi connectivity index (χ3n) is 5.43. The van der Waals surface area contributed by atoms with Gasteiger partial charge in [-0.05, 0) is 37.1 Å². The van der Waals surface area contributed by atoms with Gasteiger partial charge in [-0.2, -0.15) is 4.31 Å². The number of aromatic nitrogens is 2. The summed E-state index contributed by atoms with van der Waals surface area (Å²) in [7, 11) is 0.563. The van der Waals surface area contributed by atoms with Crippen LogP contribution >= 0.6 is 22.9 Å². The number of piperidine rings is 1. The summed E-state index contributed by atoms with van der Waals surface area (Å²) in [6, 6.07) is 5.12. The Bertz CT molecular complexity index is 1300. The number of nitrogens with one attached hydrogen (secondary N) is 1. The van der Waals surface area contributed by atoms with Gasteiger partial charge in [-0.3, -0.25) is 10.1 Å². The Balaban J connectivity index is 1.56. The molecular formula is C21H23ClN4O7S2. The first kappa shape index (κ1) is 25.2. The standard InChI is InChI=1S/C21H23ClN4O7S2/c1-30-14-10-12(11-15(31-2)18(14)32-3)20-24-25-21(33-20)23-19(27)13-6-4-5-9-26(13)35(28,29)17-8-7-16(22)34-17/h7-8,10-11,13H,4-6,9H2,1-3H3,(H,23,25,27). The van der Waals surface area contributed by atoms with Crippen molar-refractivity contribution in [2.24, 2.45) is 0 Å². The third-order valence-corrected chi connectivity index (χ3v) is 9.04. The average molecular weight is 543 g/mol. The number of thiophene rings is 1. The molecule has 1 N–H and O–H groups in total. The van der Waals surface area contributed by atoms with Gasteiger partial charge >= 0.3 is 6.01 Å². The number of benzene rings is 1. The Hall–Kier alpha value is -2.87. The van der Waals surface area contributed by atoms with Crippen molar-refractivity contribution in [2.45, 2.75) is 29.5 Å². The number of methoxy groups -OCH3 is 3. The maximum Gasteiger partial charge on any atom is 0.322 e. The van der Waals surface area contributed by atoms with Gasteiger partial charge in [-0.1, -0.05) is 23.1 Å². The zero-order chi connectivity index (χ0) is 25.2. The summed E-state index contributed by atoms with van der Waals surface area (Å²) in [5.74, 6) is 0.721. The molecule has 0 saturated carbocycles. The van der Waals surface area contributed by atoms with Crippen molar-refractivity contribution in [3.05, 3.63) is 28.6 Å². The molecule has 3 aromatic rings. The van der Waals surface area contributed by atoms with Gasteiger partial charge < -0.3 is 18.6 Å². The van der Waals surface area contributed by atoms with Gasteiger partial charge in [0.15, 0.2) is 11.5 Å². The molecule has 14 heteroatoms. The first-order chi connectivity index (χ1) is 16.8. The second-order valence-electron chi connectivity index (χ2n) is 7.50. The molecule has 1 amide bonds. The number of carbonyl (C=O) groups excluding carboxylic acids is 1. The van der Waals surface area contributed by atoms with E-state index in [1.807, 2.05) is 0 Å². The van der Waals surface area contributed by atoms with Gasteiger partial charge in [0.2, 0.25) is 17.5 Å². The highest BCUT2D eigenvalue weighted by Crippen LogP contribution is 2.41. The SMILES string of the molecule is COc1cc(-c2nnc(NC(=O)C3CCCCN3S(=O)(=O)c3ccc(Cl)s3)o2)cc(OC)c1OC. The molecule has 35 heavy (non-hydrogen) atoms. The molecule has 0 radical (unpaired) electrons. The molecule has 188 valence electrons. The Morgan fingerprint density at radius 1 is 1.14 bits per heavy atom. The molecule has 1 unspecified atom stereocenters. The maximum absolute atomic E-state index is 13.1. The number of hydrogen-bond donors (Lipinski definition) is 1. The Kier molecular flexibility index (Phi) is 7.50. The summed E-state index contributed by atoms with van der Waals surface area (Å²) in [5, 5.41) is 10.4. The van der Waals surface area contributed by atoms with Crippen molar-refractivity contribution in [2.75, 3.05) is 33.2 Å². The molecule has 0 aliphatic carbocycles. The lowest BCUT2D eigenvalue weighted by atomic mass is 10.0. The van der Waals surface area contributed by atoms with Crippen molar-refractivity contribution in [3.63, 3.8) is 0 Å². The summed E-state index contributed by atoms with van der Waals surface area (Å²) >= 11 is 6.87. The van der Waals surface area contributed by atoms with Gasteiger partial charge in [0.1, 0.15) is 10.3 Å². The minimum Gasteiger partial charge on any atom is -0.493 e. The van der Waals surface area contributed by atoms with E-state index in [4.69, 9.17) is 30.2 Å². The van der Waals surface area contributed by atoms with E-state index < -0.39 is 22.0 Å². The lowest BCUT2D eigenvalue weighted by Gasteiger charge is -2.32. The summed E-state index contributed by atoms with van der Waals surface area (Å²) in [5.41, 5.74) is 0.476. The van der Waals surface area contributed by atoms with Crippen LogP contribution in [0.25, 0.3) is 11.5 Å². The largest absolute Gasteiger partial charge is 0.493 e. The molecular weight excluding hydrogens is 520 g/mol. The first-order valence-electron chi connectivity index (χ1n) is 10.5. The number of hydrogen-bond acceptors (Lipinski definition) is 10. The van der Waals surface area contributed by atoms with Gasteiger partial charge in [0.05, 0.1) is 25.7 Å². The van der Waals surface area contributed by atoms with Gasteiger partial charge in [0.25, 0.3) is 10.0 Å². The summed E-state index contributed by atoms with van der Waals surface area (Å²) in [6.45, 7) is 0.219. The average Bonchev–Trinajstić information content (AvgIpc) is 3.52. The quantitative estimate of drug-likeness (QED) is 0.452. The summed E-state index contributed by atoms with van der Waals surface area (Å²) < 4.78 is 49.5. The van der Waals surface area contributed by atoms with E-state index in [0.29, 0.717) is 46.4 Å². The predicted molar refractivity (Wildman–Crippen MR) is 129 cm³/mol.